The van der Waals surface area contributed by atoms with Crippen molar-refractivity contribution in [3.63, 3.8) is 0 Å². The van der Waals surface area contributed by atoms with E-state index in [-0.39, 0.29) is 0 Å². The van der Waals surface area contributed by atoms with E-state index in [1.807, 2.05) is 23.0 Å². The molecule has 1 fully saturated rings. The zero-order chi connectivity index (χ0) is 15.5. The van der Waals surface area contributed by atoms with Gasteiger partial charge in [-0.3, -0.25) is 0 Å². The van der Waals surface area contributed by atoms with Crippen LogP contribution in [0.2, 0.25) is 5.02 Å². The van der Waals surface area contributed by atoms with Gasteiger partial charge in [0.2, 0.25) is 0 Å². The Morgan fingerprint density at radius 1 is 1.45 bits per heavy atom. The highest BCUT2D eigenvalue weighted by Crippen LogP contribution is 2.25. The lowest BCUT2D eigenvalue weighted by Gasteiger charge is -2.18. The summed E-state index contributed by atoms with van der Waals surface area (Å²) in [5.74, 6) is 0.874. The quantitative estimate of drug-likeness (QED) is 0.916. The molecule has 0 bridgehead atoms. The van der Waals surface area contributed by atoms with Gasteiger partial charge in [0.15, 0.2) is 0 Å². The molecule has 0 saturated carbocycles. The molecule has 2 aromatic rings. The summed E-state index contributed by atoms with van der Waals surface area (Å²) >= 11 is 6.21. The molecular weight excluding hydrogens is 300 g/mol. The minimum Gasteiger partial charge on any atom is -0.354 e. The second-order valence-electron chi connectivity index (χ2n) is 5.90. The lowest BCUT2D eigenvalue weighted by atomic mass is 10.2. The molecule has 118 valence electrons. The first-order valence-electron chi connectivity index (χ1n) is 7.63. The number of nitrogens with zero attached hydrogens (tertiary/aromatic N) is 5. The predicted octanol–water partition coefficient (Wildman–Crippen LogP) is 2.28. The average Bonchev–Trinajstić information content (AvgIpc) is 3.15. The van der Waals surface area contributed by atoms with Crippen LogP contribution in [0.15, 0.2) is 24.5 Å². The van der Waals surface area contributed by atoms with E-state index in [9.17, 15) is 0 Å². The molecule has 0 aliphatic carbocycles. The highest BCUT2D eigenvalue weighted by Gasteiger charge is 2.24. The Labute approximate surface area is 135 Å². The van der Waals surface area contributed by atoms with Gasteiger partial charge in [-0.15, -0.1) is 5.10 Å². The van der Waals surface area contributed by atoms with Gasteiger partial charge in [0.05, 0.1) is 16.9 Å². The molecule has 1 saturated heterocycles. The summed E-state index contributed by atoms with van der Waals surface area (Å²) in [5.41, 5.74) is 0.975. The van der Waals surface area contributed by atoms with Gasteiger partial charge >= 0.3 is 0 Å². The van der Waals surface area contributed by atoms with Crippen LogP contribution in [0.25, 0.3) is 0 Å². The Bertz CT molecular complexity index is 626. The Morgan fingerprint density at radius 3 is 3.05 bits per heavy atom. The summed E-state index contributed by atoms with van der Waals surface area (Å²) in [5, 5.41) is 12.6. The fraction of sp³-hybridized carbons (Fsp3) is 0.533. The summed E-state index contributed by atoms with van der Waals surface area (Å²) < 4.78 is 1.88. The van der Waals surface area contributed by atoms with E-state index >= 15 is 0 Å². The van der Waals surface area contributed by atoms with Crippen molar-refractivity contribution in [1.29, 1.82) is 0 Å². The maximum absolute atomic E-state index is 6.21. The van der Waals surface area contributed by atoms with Crippen LogP contribution >= 0.6 is 11.6 Å². The minimum atomic E-state index is 0.342. The molecule has 0 amide bonds. The number of aromatic nitrogens is 4. The summed E-state index contributed by atoms with van der Waals surface area (Å²) in [4.78, 5) is 6.60. The first kappa shape index (κ1) is 15.2. The summed E-state index contributed by atoms with van der Waals surface area (Å²) in [6.07, 6.45) is 4.86. The molecule has 22 heavy (non-hydrogen) atoms. The standard InChI is InChI=1S/C15H21ClN6/c1-11(2)22-10-13(19-20-22)8-18-12-5-7-21(9-12)15-14(16)4-3-6-17-15/h3-4,6,10-12,18H,5,7-9H2,1-2H3. The molecular formula is C15H21ClN6. The van der Waals surface area contributed by atoms with Gasteiger partial charge in [0, 0.05) is 37.9 Å². The Balaban J connectivity index is 1.54. The first-order chi connectivity index (χ1) is 10.6. The lowest BCUT2D eigenvalue weighted by molar-refractivity contribution is 0.514. The molecule has 0 radical (unpaired) electrons. The van der Waals surface area contributed by atoms with Crippen molar-refractivity contribution in [3.05, 3.63) is 35.2 Å². The molecule has 3 heterocycles. The normalized spacial score (nSPS) is 18.4. The van der Waals surface area contributed by atoms with Crippen molar-refractivity contribution >= 4 is 17.4 Å². The number of hydrogen-bond acceptors (Lipinski definition) is 5. The zero-order valence-electron chi connectivity index (χ0n) is 12.9. The molecule has 7 heteroatoms. The molecule has 1 N–H and O–H groups in total. The molecule has 1 unspecified atom stereocenters. The number of pyridine rings is 1. The van der Waals surface area contributed by atoms with E-state index < -0.39 is 0 Å². The summed E-state index contributed by atoms with van der Waals surface area (Å²) in [6.45, 7) is 6.80. The van der Waals surface area contributed by atoms with E-state index in [4.69, 9.17) is 11.6 Å². The Hall–Kier alpha value is -1.66. The van der Waals surface area contributed by atoms with Gasteiger partial charge in [0.1, 0.15) is 5.82 Å². The van der Waals surface area contributed by atoms with Crippen LogP contribution < -0.4 is 10.2 Å². The maximum Gasteiger partial charge on any atom is 0.147 e. The second kappa shape index (κ2) is 6.62. The van der Waals surface area contributed by atoms with Crippen molar-refractivity contribution in [2.75, 3.05) is 18.0 Å². The molecule has 0 spiro atoms. The van der Waals surface area contributed by atoms with Crippen molar-refractivity contribution in [2.24, 2.45) is 0 Å². The van der Waals surface area contributed by atoms with E-state index in [1.54, 1.807) is 6.20 Å². The van der Waals surface area contributed by atoms with Gasteiger partial charge in [-0.2, -0.15) is 0 Å². The summed E-state index contributed by atoms with van der Waals surface area (Å²) in [7, 11) is 0. The van der Waals surface area contributed by atoms with E-state index in [1.165, 1.54) is 0 Å². The third kappa shape index (κ3) is 3.39. The van der Waals surface area contributed by atoms with Crippen LogP contribution in [0.1, 0.15) is 32.0 Å². The largest absolute Gasteiger partial charge is 0.354 e. The van der Waals surface area contributed by atoms with Crippen molar-refractivity contribution in [2.45, 2.75) is 38.9 Å². The third-order valence-corrected chi connectivity index (χ3v) is 4.18. The molecule has 3 rings (SSSR count). The Kier molecular flexibility index (Phi) is 4.59. The number of nitrogens with one attached hydrogen (secondary N) is 1. The molecule has 1 atom stereocenters. The third-order valence-electron chi connectivity index (χ3n) is 3.89. The van der Waals surface area contributed by atoms with Gasteiger partial charge in [-0.25, -0.2) is 9.67 Å². The van der Waals surface area contributed by atoms with Crippen LogP contribution in [0, 0.1) is 0 Å². The maximum atomic E-state index is 6.21. The lowest BCUT2D eigenvalue weighted by Crippen LogP contribution is -2.32. The zero-order valence-corrected chi connectivity index (χ0v) is 13.7. The average molecular weight is 321 g/mol. The van der Waals surface area contributed by atoms with Gasteiger partial charge < -0.3 is 10.2 Å². The van der Waals surface area contributed by atoms with E-state index in [0.717, 1.165) is 37.6 Å². The smallest absolute Gasteiger partial charge is 0.147 e. The van der Waals surface area contributed by atoms with Crippen molar-refractivity contribution < 1.29 is 0 Å². The predicted molar refractivity (Wildman–Crippen MR) is 87.1 cm³/mol. The number of halogens is 1. The van der Waals surface area contributed by atoms with Crippen LogP contribution in [0.5, 0.6) is 0 Å². The van der Waals surface area contributed by atoms with Gasteiger partial charge in [0.25, 0.3) is 0 Å². The van der Waals surface area contributed by atoms with Crippen molar-refractivity contribution in [3.8, 4) is 0 Å². The SMILES string of the molecule is CC(C)n1cc(CNC2CCN(c3ncccc3Cl)C2)nn1. The minimum absolute atomic E-state index is 0.342. The molecule has 6 nitrogen and oxygen atoms in total. The number of rotatable bonds is 5. The monoisotopic (exact) mass is 320 g/mol. The number of anilines is 1. The highest BCUT2D eigenvalue weighted by molar-refractivity contribution is 6.32. The first-order valence-corrected chi connectivity index (χ1v) is 8.01. The highest BCUT2D eigenvalue weighted by atomic mass is 35.5. The van der Waals surface area contributed by atoms with Gasteiger partial charge in [-0.1, -0.05) is 16.8 Å². The van der Waals surface area contributed by atoms with Crippen LogP contribution in [-0.2, 0) is 6.54 Å². The van der Waals surface area contributed by atoms with Crippen LogP contribution in [0.4, 0.5) is 5.82 Å². The van der Waals surface area contributed by atoms with E-state index in [0.29, 0.717) is 17.1 Å². The topological polar surface area (TPSA) is 58.9 Å². The second-order valence-corrected chi connectivity index (χ2v) is 6.31. The molecule has 1 aliphatic heterocycles. The van der Waals surface area contributed by atoms with Crippen molar-refractivity contribution in [1.82, 2.24) is 25.3 Å². The molecule has 1 aliphatic rings. The number of hydrogen-bond donors (Lipinski definition) is 1. The molecule has 0 aromatic carbocycles. The van der Waals surface area contributed by atoms with Crippen LogP contribution in [-0.4, -0.2) is 39.1 Å². The van der Waals surface area contributed by atoms with Gasteiger partial charge in [-0.05, 0) is 32.4 Å². The summed E-state index contributed by atoms with van der Waals surface area (Å²) in [6, 6.07) is 4.50. The molecule has 2 aromatic heterocycles. The van der Waals surface area contributed by atoms with E-state index in [2.05, 4.69) is 39.4 Å². The fourth-order valence-corrected chi connectivity index (χ4v) is 2.87. The fourth-order valence-electron chi connectivity index (χ4n) is 2.62. The van der Waals surface area contributed by atoms with Crippen LogP contribution in [0.3, 0.4) is 0 Å². The Morgan fingerprint density at radius 2 is 2.32 bits per heavy atom.